The van der Waals surface area contributed by atoms with Crippen molar-refractivity contribution in [3.8, 4) is 0 Å². The summed E-state index contributed by atoms with van der Waals surface area (Å²) in [7, 11) is 0. The van der Waals surface area contributed by atoms with Crippen molar-refractivity contribution in [3.05, 3.63) is 64.1 Å². The third-order valence-electron chi connectivity index (χ3n) is 3.08. The lowest BCUT2D eigenvalue weighted by molar-refractivity contribution is -0.116. The molecular formula is C15H13BrClN5O. The van der Waals surface area contributed by atoms with Gasteiger partial charge in [0.25, 0.3) is 0 Å². The zero-order valence-corrected chi connectivity index (χ0v) is 14.3. The first-order valence-corrected chi connectivity index (χ1v) is 8.00. The molecule has 2 aromatic heterocycles. The fourth-order valence-corrected chi connectivity index (χ4v) is 2.48. The molecule has 23 heavy (non-hydrogen) atoms. The van der Waals surface area contributed by atoms with E-state index in [0.29, 0.717) is 17.3 Å². The minimum atomic E-state index is -0.187. The predicted octanol–water partition coefficient (Wildman–Crippen LogP) is 3.18. The molecule has 0 saturated carbocycles. The molecule has 0 atom stereocenters. The summed E-state index contributed by atoms with van der Waals surface area (Å²) in [6.07, 6.45) is 6.49. The van der Waals surface area contributed by atoms with Crippen molar-refractivity contribution in [2.75, 3.05) is 5.32 Å². The van der Waals surface area contributed by atoms with Crippen LogP contribution in [0.2, 0.25) is 5.02 Å². The van der Waals surface area contributed by atoms with E-state index >= 15 is 0 Å². The van der Waals surface area contributed by atoms with Crippen LogP contribution in [0, 0.1) is 0 Å². The molecule has 3 aromatic rings. The lowest BCUT2D eigenvalue weighted by Crippen LogP contribution is -2.18. The molecule has 0 aliphatic rings. The lowest BCUT2D eigenvalue weighted by atomic mass is 10.2. The molecule has 118 valence electrons. The highest BCUT2D eigenvalue weighted by molar-refractivity contribution is 9.10. The van der Waals surface area contributed by atoms with E-state index in [1.165, 1.54) is 10.9 Å². The fraction of sp³-hybridized carbons (Fsp3) is 0.133. The van der Waals surface area contributed by atoms with Crippen molar-refractivity contribution >= 4 is 39.1 Å². The lowest BCUT2D eigenvalue weighted by Gasteiger charge is -2.03. The highest BCUT2D eigenvalue weighted by atomic mass is 79.9. The van der Waals surface area contributed by atoms with Gasteiger partial charge in [0, 0.05) is 16.9 Å². The summed E-state index contributed by atoms with van der Waals surface area (Å²) in [6, 6.07) is 8.00. The third-order valence-corrected chi connectivity index (χ3v) is 3.81. The monoisotopic (exact) mass is 393 g/mol. The number of amides is 1. The summed E-state index contributed by atoms with van der Waals surface area (Å²) >= 11 is 9.17. The fourth-order valence-electron chi connectivity index (χ4n) is 2.06. The van der Waals surface area contributed by atoms with E-state index in [-0.39, 0.29) is 12.5 Å². The van der Waals surface area contributed by atoms with E-state index in [9.17, 15) is 4.79 Å². The second kappa shape index (κ2) is 6.97. The molecule has 0 radical (unpaired) electrons. The number of rotatable bonds is 5. The van der Waals surface area contributed by atoms with Crippen LogP contribution in [-0.2, 0) is 17.9 Å². The van der Waals surface area contributed by atoms with Crippen LogP contribution in [0.15, 0.2) is 53.5 Å². The second-order valence-corrected chi connectivity index (χ2v) is 6.31. The van der Waals surface area contributed by atoms with Crippen LogP contribution >= 0.6 is 27.5 Å². The molecule has 0 fully saturated rings. The standard InChI is InChI=1S/C15H13BrClN5O/c16-12-3-1-11(2-4-12)7-21-9-14(6-19-21)20-15(23)10-22-8-13(17)5-18-22/h1-6,8-9H,7,10H2,(H,20,23). The van der Waals surface area contributed by atoms with Gasteiger partial charge in [-0.2, -0.15) is 10.2 Å². The van der Waals surface area contributed by atoms with Gasteiger partial charge < -0.3 is 5.32 Å². The summed E-state index contributed by atoms with van der Waals surface area (Å²) in [6.45, 7) is 0.739. The summed E-state index contributed by atoms with van der Waals surface area (Å²) in [5.41, 5.74) is 1.77. The van der Waals surface area contributed by atoms with Crippen LogP contribution in [0.25, 0.3) is 0 Å². The van der Waals surface area contributed by atoms with Crippen molar-refractivity contribution in [2.45, 2.75) is 13.1 Å². The number of carbonyl (C=O) groups excluding carboxylic acids is 1. The highest BCUT2D eigenvalue weighted by Gasteiger charge is 2.07. The summed E-state index contributed by atoms with van der Waals surface area (Å²) < 4.78 is 4.28. The number of benzene rings is 1. The maximum absolute atomic E-state index is 11.9. The minimum Gasteiger partial charge on any atom is -0.322 e. The first kappa shape index (κ1) is 15.8. The number of aromatic nitrogens is 4. The number of anilines is 1. The van der Waals surface area contributed by atoms with Crippen molar-refractivity contribution < 1.29 is 4.79 Å². The number of halogens is 2. The van der Waals surface area contributed by atoms with Gasteiger partial charge in [0.15, 0.2) is 0 Å². The molecule has 0 saturated heterocycles. The number of nitrogens with zero attached hydrogens (tertiary/aromatic N) is 4. The van der Waals surface area contributed by atoms with Gasteiger partial charge >= 0.3 is 0 Å². The average Bonchev–Trinajstić information content (AvgIpc) is 3.11. The van der Waals surface area contributed by atoms with Crippen molar-refractivity contribution in [3.63, 3.8) is 0 Å². The molecular weight excluding hydrogens is 382 g/mol. The first-order valence-electron chi connectivity index (χ1n) is 6.83. The largest absolute Gasteiger partial charge is 0.322 e. The van der Waals surface area contributed by atoms with E-state index in [4.69, 9.17) is 11.6 Å². The maximum atomic E-state index is 11.9. The quantitative estimate of drug-likeness (QED) is 0.723. The van der Waals surface area contributed by atoms with Gasteiger partial charge in [0.1, 0.15) is 6.54 Å². The van der Waals surface area contributed by atoms with Crippen molar-refractivity contribution in [1.29, 1.82) is 0 Å². The van der Waals surface area contributed by atoms with Crippen LogP contribution in [0.5, 0.6) is 0 Å². The van der Waals surface area contributed by atoms with E-state index < -0.39 is 0 Å². The molecule has 0 bridgehead atoms. The summed E-state index contributed by atoms with van der Waals surface area (Å²) in [5.74, 6) is -0.187. The van der Waals surface area contributed by atoms with Gasteiger partial charge in [-0.05, 0) is 17.7 Å². The summed E-state index contributed by atoms with van der Waals surface area (Å²) in [5, 5.41) is 11.5. The zero-order chi connectivity index (χ0) is 16.2. The molecule has 2 heterocycles. The molecule has 8 heteroatoms. The molecule has 1 N–H and O–H groups in total. The number of carbonyl (C=O) groups is 1. The van der Waals surface area contributed by atoms with E-state index in [1.54, 1.807) is 23.3 Å². The Balaban J connectivity index is 1.58. The van der Waals surface area contributed by atoms with Crippen LogP contribution < -0.4 is 5.32 Å². The molecule has 0 aliphatic carbocycles. The molecule has 6 nitrogen and oxygen atoms in total. The Morgan fingerprint density at radius 1 is 1.13 bits per heavy atom. The molecule has 0 spiro atoms. The second-order valence-electron chi connectivity index (χ2n) is 4.96. The van der Waals surface area contributed by atoms with Crippen LogP contribution in [0.4, 0.5) is 5.69 Å². The van der Waals surface area contributed by atoms with Gasteiger partial charge in [0.2, 0.25) is 5.91 Å². The van der Waals surface area contributed by atoms with E-state index in [2.05, 4.69) is 31.4 Å². The van der Waals surface area contributed by atoms with E-state index in [1.807, 2.05) is 24.3 Å². The Morgan fingerprint density at radius 2 is 1.87 bits per heavy atom. The molecule has 1 aromatic carbocycles. The minimum absolute atomic E-state index is 0.102. The van der Waals surface area contributed by atoms with Crippen molar-refractivity contribution in [2.24, 2.45) is 0 Å². The Labute approximate surface area is 146 Å². The van der Waals surface area contributed by atoms with Crippen LogP contribution in [0.1, 0.15) is 5.56 Å². The topological polar surface area (TPSA) is 64.7 Å². The average molecular weight is 395 g/mol. The Bertz CT molecular complexity index is 811. The van der Waals surface area contributed by atoms with Crippen molar-refractivity contribution in [1.82, 2.24) is 19.6 Å². The van der Waals surface area contributed by atoms with Gasteiger partial charge in [-0.3, -0.25) is 14.2 Å². The molecule has 0 unspecified atom stereocenters. The Hall–Kier alpha value is -2.12. The number of hydrogen-bond acceptors (Lipinski definition) is 3. The zero-order valence-electron chi connectivity index (χ0n) is 12.0. The van der Waals surface area contributed by atoms with E-state index in [0.717, 1.165) is 10.0 Å². The SMILES string of the molecule is O=C(Cn1cc(Cl)cn1)Nc1cnn(Cc2ccc(Br)cc2)c1. The Kier molecular flexibility index (Phi) is 4.78. The van der Waals surface area contributed by atoms with Gasteiger partial charge in [-0.15, -0.1) is 0 Å². The maximum Gasteiger partial charge on any atom is 0.246 e. The normalized spacial score (nSPS) is 10.7. The van der Waals surface area contributed by atoms with Gasteiger partial charge in [-0.25, -0.2) is 0 Å². The molecule has 0 aliphatic heterocycles. The molecule has 3 rings (SSSR count). The first-order chi connectivity index (χ1) is 11.1. The summed E-state index contributed by atoms with van der Waals surface area (Å²) in [4.78, 5) is 11.9. The highest BCUT2D eigenvalue weighted by Crippen LogP contribution is 2.13. The van der Waals surface area contributed by atoms with Gasteiger partial charge in [0.05, 0.1) is 29.6 Å². The smallest absolute Gasteiger partial charge is 0.246 e. The van der Waals surface area contributed by atoms with Crippen LogP contribution in [-0.4, -0.2) is 25.5 Å². The Morgan fingerprint density at radius 3 is 2.57 bits per heavy atom. The van der Waals surface area contributed by atoms with Gasteiger partial charge in [-0.1, -0.05) is 39.7 Å². The number of hydrogen-bond donors (Lipinski definition) is 1. The molecule has 1 amide bonds. The third kappa shape index (κ3) is 4.43. The predicted molar refractivity (Wildman–Crippen MR) is 91.3 cm³/mol. The van der Waals surface area contributed by atoms with Crippen LogP contribution in [0.3, 0.4) is 0 Å². The number of nitrogens with one attached hydrogen (secondary N) is 1.